The molecule has 1 saturated heterocycles. The number of piperidine rings is 1. The predicted molar refractivity (Wildman–Crippen MR) is 76.8 cm³/mol. The van der Waals surface area contributed by atoms with E-state index in [1.165, 1.54) is 19.3 Å². The topological polar surface area (TPSA) is 53.1 Å². The number of hydrogen-bond acceptors (Lipinski definition) is 2. The molecule has 0 amide bonds. The maximum absolute atomic E-state index is 7.71. The molecule has 1 aliphatic heterocycles. The zero-order valence-electron chi connectivity index (χ0n) is 12.2. The van der Waals surface area contributed by atoms with Crippen LogP contribution in [0.25, 0.3) is 0 Å². The summed E-state index contributed by atoms with van der Waals surface area (Å²) in [6, 6.07) is 0.785. The molecule has 3 N–H and O–H groups in total. The third kappa shape index (κ3) is 2.71. The maximum Gasteiger partial charge on any atom is 0.0966 e. The lowest BCUT2D eigenvalue weighted by molar-refractivity contribution is 0.0670. The van der Waals surface area contributed by atoms with Gasteiger partial charge in [0.1, 0.15) is 0 Å². The Morgan fingerprint density at radius 3 is 2.28 bits per heavy atom. The number of nitrogens with zero attached hydrogens (tertiary/aromatic N) is 1. The first-order valence-electron chi connectivity index (χ1n) is 7.51. The van der Waals surface area contributed by atoms with Crippen LogP contribution in [-0.2, 0) is 0 Å². The van der Waals surface area contributed by atoms with E-state index < -0.39 is 0 Å². The summed E-state index contributed by atoms with van der Waals surface area (Å²) < 4.78 is 0. The summed E-state index contributed by atoms with van der Waals surface area (Å²) in [6.45, 7) is 9.20. The van der Waals surface area contributed by atoms with Gasteiger partial charge in [0.05, 0.1) is 5.84 Å². The van der Waals surface area contributed by atoms with Crippen molar-refractivity contribution in [2.45, 2.75) is 58.9 Å². The van der Waals surface area contributed by atoms with Gasteiger partial charge in [-0.05, 0) is 57.0 Å². The highest BCUT2D eigenvalue weighted by molar-refractivity contribution is 5.83. The molecule has 3 atom stereocenters. The summed E-state index contributed by atoms with van der Waals surface area (Å²) in [6.07, 6.45) is 6.22. The Hall–Kier alpha value is -0.570. The third-order valence-corrected chi connectivity index (χ3v) is 5.64. The van der Waals surface area contributed by atoms with Crippen molar-refractivity contribution in [3.8, 4) is 0 Å². The monoisotopic (exact) mass is 251 g/mol. The number of amidine groups is 1. The first-order valence-corrected chi connectivity index (χ1v) is 7.51. The lowest BCUT2D eigenvalue weighted by Crippen LogP contribution is -2.49. The van der Waals surface area contributed by atoms with Crippen LogP contribution >= 0.6 is 0 Å². The summed E-state index contributed by atoms with van der Waals surface area (Å²) in [4.78, 5) is 2.66. The summed E-state index contributed by atoms with van der Waals surface area (Å²) >= 11 is 0. The molecular formula is C15H29N3. The molecule has 0 aromatic heterocycles. The van der Waals surface area contributed by atoms with Crippen LogP contribution in [0.15, 0.2) is 0 Å². The van der Waals surface area contributed by atoms with E-state index in [2.05, 4.69) is 25.7 Å². The molecule has 3 nitrogen and oxygen atoms in total. The zero-order chi connectivity index (χ0) is 13.3. The van der Waals surface area contributed by atoms with Gasteiger partial charge in [-0.3, -0.25) is 5.41 Å². The number of nitrogens with two attached hydrogens (primary N) is 1. The molecule has 3 unspecified atom stereocenters. The van der Waals surface area contributed by atoms with Crippen LogP contribution in [0, 0.1) is 22.7 Å². The Morgan fingerprint density at radius 1 is 1.17 bits per heavy atom. The van der Waals surface area contributed by atoms with E-state index in [1.54, 1.807) is 0 Å². The molecule has 0 spiro atoms. The molecule has 1 aliphatic carbocycles. The van der Waals surface area contributed by atoms with Crippen LogP contribution in [0.1, 0.15) is 52.9 Å². The molecule has 2 aliphatic rings. The van der Waals surface area contributed by atoms with E-state index in [0.717, 1.165) is 43.8 Å². The Kier molecular flexibility index (Phi) is 4.00. The number of rotatable bonds is 2. The fraction of sp³-hybridized carbons (Fsp3) is 0.933. The lowest BCUT2D eigenvalue weighted by atomic mass is 9.75. The molecule has 0 radical (unpaired) electrons. The Balaban J connectivity index is 1.88. The molecule has 1 heterocycles. The molecule has 0 aromatic carbocycles. The second-order valence-corrected chi connectivity index (χ2v) is 6.93. The van der Waals surface area contributed by atoms with Gasteiger partial charge in [-0.25, -0.2) is 0 Å². The second-order valence-electron chi connectivity index (χ2n) is 6.93. The summed E-state index contributed by atoms with van der Waals surface area (Å²) in [5.74, 6) is 2.14. The molecule has 1 saturated carbocycles. The van der Waals surface area contributed by atoms with Gasteiger partial charge < -0.3 is 10.6 Å². The lowest BCUT2D eigenvalue weighted by Gasteiger charge is -2.45. The molecule has 18 heavy (non-hydrogen) atoms. The van der Waals surface area contributed by atoms with Crippen LogP contribution in [0.4, 0.5) is 0 Å². The number of likely N-dealkylation sites (tertiary alicyclic amines) is 1. The van der Waals surface area contributed by atoms with E-state index in [0.29, 0.717) is 5.84 Å². The van der Waals surface area contributed by atoms with E-state index in [-0.39, 0.29) is 5.41 Å². The summed E-state index contributed by atoms with van der Waals surface area (Å²) in [5.41, 5.74) is 5.69. The van der Waals surface area contributed by atoms with E-state index in [9.17, 15) is 0 Å². The Bertz CT molecular complexity index is 305. The summed E-state index contributed by atoms with van der Waals surface area (Å²) in [7, 11) is 0. The van der Waals surface area contributed by atoms with Gasteiger partial charge >= 0.3 is 0 Å². The largest absolute Gasteiger partial charge is 0.387 e. The molecular weight excluding hydrogens is 222 g/mol. The van der Waals surface area contributed by atoms with Gasteiger partial charge in [0.15, 0.2) is 0 Å². The van der Waals surface area contributed by atoms with Gasteiger partial charge in [0, 0.05) is 11.5 Å². The van der Waals surface area contributed by atoms with Crippen molar-refractivity contribution in [3.63, 3.8) is 0 Å². The van der Waals surface area contributed by atoms with Crippen molar-refractivity contribution in [2.75, 3.05) is 13.1 Å². The average Bonchev–Trinajstić information content (AvgIpc) is 2.34. The van der Waals surface area contributed by atoms with Gasteiger partial charge in [-0.2, -0.15) is 0 Å². The van der Waals surface area contributed by atoms with Crippen LogP contribution in [0.3, 0.4) is 0 Å². The first kappa shape index (κ1) is 13.9. The normalized spacial score (nSPS) is 37.4. The molecule has 0 aromatic rings. The van der Waals surface area contributed by atoms with Crippen LogP contribution in [0.5, 0.6) is 0 Å². The SMILES string of the molecule is CC1CCC(N2CCC(C)(C(=N)N)CC2)CC1C. The third-order valence-electron chi connectivity index (χ3n) is 5.64. The van der Waals surface area contributed by atoms with E-state index in [1.807, 2.05) is 0 Å². The van der Waals surface area contributed by atoms with Gasteiger partial charge in [0.25, 0.3) is 0 Å². The van der Waals surface area contributed by atoms with Crippen LogP contribution in [-0.4, -0.2) is 29.9 Å². The van der Waals surface area contributed by atoms with Crippen molar-refractivity contribution in [1.29, 1.82) is 5.41 Å². The van der Waals surface area contributed by atoms with Crippen molar-refractivity contribution >= 4 is 5.84 Å². The Labute approximate surface area is 112 Å². The quantitative estimate of drug-likeness (QED) is 0.586. The minimum Gasteiger partial charge on any atom is -0.387 e. The van der Waals surface area contributed by atoms with Crippen LogP contribution in [0.2, 0.25) is 0 Å². The minimum atomic E-state index is -0.0376. The minimum absolute atomic E-state index is 0.0376. The Morgan fingerprint density at radius 2 is 1.78 bits per heavy atom. The van der Waals surface area contributed by atoms with Crippen molar-refractivity contribution in [3.05, 3.63) is 0 Å². The molecule has 3 heteroatoms. The first-order chi connectivity index (χ1) is 8.42. The van der Waals surface area contributed by atoms with Crippen molar-refractivity contribution in [1.82, 2.24) is 4.90 Å². The smallest absolute Gasteiger partial charge is 0.0966 e. The molecule has 0 bridgehead atoms. The van der Waals surface area contributed by atoms with E-state index >= 15 is 0 Å². The average molecular weight is 251 g/mol. The number of hydrogen-bond donors (Lipinski definition) is 2. The fourth-order valence-electron chi connectivity index (χ4n) is 3.50. The predicted octanol–water partition coefficient (Wildman–Crippen LogP) is 2.85. The van der Waals surface area contributed by atoms with Gasteiger partial charge in [-0.15, -0.1) is 0 Å². The van der Waals surface area contributed by atoms with E-state index in [4.69, 9.17) is 11.1 Å². The fourth-order valence-corrected chi connectivity index (χ4v) is 3.50. The van der Waals surface area contributed by atoms with Crippen molar-refractivity contribution < 1.29 is 0 Å². The van der Waals surface area contributed by atoms with Crippen molar-refractivity contribution in [2.24, 2.45) is 23.0 Å². The number of nitrogens with one attached hydrogen (secondary N) is 1. The van der Waals surface area contributed by atoms with Gasteiger partial charge in [-0.1, -0.05) is 20.8 Å². The second kappa shape index (κ2) is 5.20. The zero-order valence-corrected chi connectivity index (χ0v) is 12.2. The standard InChI is InChI=1S/C15H29N3/c1-11-4-5-13(10-12(11)2)18-8-6-15(3,7-9-18)14(16)17/h11-13H,4-10H2,1-3H3,(H3,16,17). The maximum atomic E-state index is 7.71. The molecule has 2 rings (SSSR count). The highest BCUT2D eigenvalue weighted by Gasteiger charge is 2.36. The van der Waals surface area contributed by atoms with Gasteiger partial charge in [0.2, 0.25) is 0 Å². The van der Waals surface area contributed by atoms with Crippen LogP contribution < -0.4 is 5.73 Å². The highest BCUT2D eigenvalue weighted by atomic mass is 15.2. The highest BCUT2D eigenvalue weighted by Crippen LogP contribution is 2.36. The molecule has 2 fully saturated rings. The molecule has 104 valence electrons. The summed E-state index contributed by atoms with van der Waals surface area (Å²) in [5, 5.41) is 7.71.